The second-order valence-electron chi connectivity index (χ2n) is 4.79. The highest BCUT2D eigenvalue weighted by atomic mass is 16.4. The van der Waals surface area contributed by atoms with Crippen LogP contribution in [0.1, 0.15) is 5.69 Å². The van der Waals surface area contributed by atoms with Gasteiger partial charge in [-0.25, -0.2) is 9.97 Å². The molecule has 108 valence electrons. The molecule has 0 atom stereocenters. The summed E-state index contributed by atoms with van der Waals surface area (Å²) in [6.45, 7) is 1.64. The van der Waals surface area contributed by atoms with Crippen molar-refractivity contribution in [3.05, 3.63) is 42.2 Å². The van der Waals surface area contributed by atoms with Crippen molar-refractivity contribution in [2.24, 2.45) is 10.9 Å². The average Bonchev–Trinajstić information content (AvgIpc) is 2.55. The third-order valence-electron chi connectivity index (χ3n) is 3.50. The average molecular weight is 284 g/mol. The second-order valence-corrected chi connectivity index (χ2v) is 4.79. The van der Waals surface area contributed by atoms with Gasteiger partial charge < -0.3 is 20.7 Å². The molecule has 7 nitrogen and oxygen atoms in total. The van der Waals surface area contributed by atoms with Gasteiger partial charge in [-0.1, -0.05) is 17.3 Å². The number of fused-ring (bicyclic) bond motifs is 1. The molecule has 0 unspecified atom stereocenters. The van der Waals surface area contributed by atoms with Crippen LogP contribution >= 0.6 is 0 Å². The summed E-state index contributed by atoms with van der Waals surface area (Å²) < 4.78 is 0. The van der Waals surface area contributed by atoms with Crippen molar-refractivity contribution in [2.45, 2.75) is 0 Å². The van der Waals surface area contributed by atoms with Crippen LogP contribution in [-0.2, 0) is 0 Å². The van der Waals surface area contributed by atoms with E-state index in [0.29, 0.717) is 11.6 Å². The first-order valence-electron chi connectivity index (χ1n) is 6.59. The van der Waals surface area contributed by atoms with Crippen molar-refractivity contribution < 1.29 is 5.21 Å². The van der Waals surface area contributed by atoms with Crippen LogP contribution < -0.4 is 15.5 Å². The molecule has 0 saturated carbocycles. The highest BCUT2D eigenvalue weighted by Gasteiger charge is 2.23. The van der Waals surface area contributed by atoms with Crippen molar-refractivity contribution in [2.75, 3.05) is 29.9 Å². The van der Waals surface area contributed by atoms with Crippen molar-refractivity contribution in [3.63, 3.8) is 0 Å². The molecule has 0 bridgehead atoms. The normalized spacial score (nSPS) is 15.0. The zero-order chi connectivity index (χ0) is 14.8. The Hall–Kier alpha value is -2.83. The van der Waals surface area contributed by atoms with Gasteiger partial charge in [0.2, 0.25) is 5.95 Å². The minimum Gasteiger partial charge on any atom is -0.409 e. The maximum absolute atomic E-state index is 8.76. The summed E-state index contributed by atoms with van der Waals surface area (Å²) in [5.41, 5.74) is 8.16. The number of oxime groups is 1. The molecule has 0 radical (unpaired) electrons. The van der Waals surface area contributed by atoms with E-state index in [-0.39, 0.29) is 5.84 Å². The second kappa shape index (κ2) is 5.28. The van der Waals surface area contributed by atoms with Gasteiger partial charge >= 0.3 is 0 Å². The van der Waals surface area contributed by atoms with Crippen LogP contribution in [0.15, 0.2) is 41.7 Å². The Morgan fingerprint density at radius 3 is 2.76 bits per heavy atom. The molecule has 1 aliphatic rings. The van der Waals surface area contributed by atoms with E-state index < -0.39 is 0 Å². The van der Waals surface area contributed by atoms with Gasteiger partial charge in [-0.2, -0.15) is 0 Å². The molecule has 2 heterocycles. The number of likely N-dealkylation sites (N-methyl/N-ethyl adjacent to an activating group) is 1. The number of anilines is 3. The summed E-state index contributed by atoms with van der Waals surface area (Å²) >= 11 is 0. The predicted molar refractivity (Wildman–Crippen MR) is 81.3 cm³/mol. The first-order valence-corrected chi connectivity index (χ1v) is 6.59. The Labute approximate surface area is 122 Å². The Morgan fingerprint density at radius 2 is 2.00 bits per heavy atom. The van der Waals surface area contributed by atoms with Crippen molar-refractivity contribution >= 4 is 23.2 Å². The number of para-hydroxylation sites is 2. The Kier molecular flexibility index (Phi) is 3.31. The first kappa shape index (κ1) is 13.2. The van der Waals surface area contributed by atoms with E-state index in [1.807, 2.05) is 23.1 Å². The van der Waals surface area contributed by atoms with Crippen LogP contribution in [-0.4, -0.2) is 41.1 Å². The van der Waals surface area contributed by atoms with Gasteiger partial charge in [-0.05, 0) is 18.2 Å². The molecule has 7 heteroatoms. The molecule has 0 aliphatic carbocycles. The lowest BCUT2D eigenvalue weighted by Crippen LogP contribution is -2.37. The molecule has 1 aromatic carbocycles. The van der Waals surface area contributed by atoms with Gasteiger partial charge in [-0.15, -0.1) is 0 Å². The van der Waals surface area contributed by atoms with E-state index in [1.54, 1.807) is 12.3 Å². The fourth-order valence-electron chi connectivity index (χ4n) is 2.39. The molecule has 1 aromatic heterocycles. The zero-order valence-corrected chi connectivity index (χ0v) is 11.6. The lowest BCUT2D eigenvalue weighted by Gasteiger charge is -2.35. The number of nitrogens with two attached hydrogens (primary N) is 1. The van der Waals surface area contributed by atoms with E-state index in [4.69, 9.17) is 10.9 Å². The molecule has 1 aliphatic heterocycles. The van der Waals surface area contributed by atoms with Crippen molar-refractivity contribution in [1.29, 1.82) is 0 Å². The molecule has 0 saturated heterocycles. The van der Waals surface area contributed by atoms with E-state index in [9.17, 15) is 0 Å². The number of rotatable bonds is 2. The summed E-state index contributed by atoms with van der Waals surface area (Å²) in [4.78, 5) is 12.9. The maximum atomic E-state index is 8.76. The van der Waals surface area contributed by atoms with Crippen LogP contribution in [0.5, 0.6) is 0 Å². The van der Waals surface area contributed by atoms with Gasteiger partial charge in [0.25, 0.3) is 0 Å². The van der Waals surface area contributed by atoms with Crippen molar-refractivity contribution in [3.8, 4) is 0 Å². The first-order chi connectivity index (χ1) is 10.2. The van der Waals surface area contributed by atoms with Crippen LogP contribution in [0.2, 0.25) is 0 Å². The highest BCUT2D eigenvalue weighted by molar-refractivity contribution is 5.95. The number of hydrogen-bond donors (Lipinski definition) is 2. The number of aromatic nitrogens is 2. The molecule has 0 amide bonds. The standard InChI is InChI=1S/C14H16N6O/c1-19-8-9-20(12-5-3-2-4-11(12)19)14-16-7-6-10(17-14)13(15)18-21/h2-7,21H,8-9H2,1H3,(H2,15,18). The number of nitrogens with zero attached hydrogens (tertiary/aromatic N) is 5. The monoisotopic (exact) mass is 284 g/mol. The third-order valence-corrected chi connectivity index (χ3v) is 3.50. The van der Waals surface area contributed by atoms with Crippen LogP contribution in [0.3, 0.4) is 0 Å². The maximum Gasteiger partial charge on any atom is 0.230 e. The van der Waals surface area contributed by atoms with Crippen LogP contribution in [0.25, 0.3) is 0 Å². The number of amidine groups is 1. The summed E-state index contributed by atoms with van der Waals surface area (Å²) in [5, 5.41) is 11.7. The molecule has 0 fully saturated rings. The Balaban J connectivity index is 2.04. The van der Waals surface area contributed by atoms with Crippen molar-refractivity contribution in [1.82, 2.24) is 9.97 Å². The topological polar surface area (TPSA) is 90.9 Å². The van der Waals surface area contributed by atoms with Crippen LogP contribution in [0, 0.1) is 0 Å². The lowest BCUT2D eigenvalue weighted by atomic mass is 10.2. The molecule has 0 spiro atoms. The molecular weight excluding hydrogens is 268 g/mol. The minimum absolute atomic E-state index is 0.0268. The molecule has 2 aromatic rings. The lowest BCUT2D eigenvalue weighted by molar-refractivity contribution is 0.318. The van der Waals surface area contributed by atoms with Gasteiger partial charge in [0, 0.05) is 26.3 Å². The van der Waals surface area contributed by atoms with E-state index >= 15 is 0 Å². The largest absolute Gasteiger partial charge is 0.409 e. The molecule has 3 rings (SSSR count). The van der Waals surface area contributed by atoms with Gasteiger partial charge in [0.15, 0.2) is 5.84 Å². The fourth-order valence-corrected chi connectivity index (χ4v) is 2.39. The van der Waals surface area contributed by atoms with E-state index in [2.05, 4.69) is 33.1 Å². The highest BCUT2D eigenvalue weighted by Crippen LogP contribution is 2.35. The zero-order valence-electron chi connectivity index (χ0n) is 11.6. The summed E-state index contributed by atoms with van der Waals surface area (Å²) in [6, 6.07) is 9.70. The van der Waals surface area contributed by atoms with E-state index in [0.717, 1.165) is 24.5 Å². The minimum atomic E-state index is -0.0268. The summed E-state index contributed by atoms with van der Waals surface area (Å²) in [6.07, 6.45) is 1.61. The number of benzene rings is 1. The summed E-state index contributed by atoms with van der Waals surface area (Å²) in [5.74, 6) is 0.515. The molecule has 3 N–H and O–H groups in total. The molecule has 21 heavy (non-hydrogen) atoms. The summed E-state index contributed by atoms with van der Waals surface area (Å²) in [7, 11) is 2.06. The third kappa shape index (κ3) is 2.33. The van der Waals surface area contributed by atoms with E-state index in [1.165, 1.54) is 0 Å². The predicted octanol–water partition coefficient (Wildman–Crippen LogP) is 1.16. The van der Waals surface area contributed by atoms with Gasteiger partial charge in [-0.3, -0.25) is 0 Å². The quantitative estimate of drug-likeness (QED) is 0.372. The SMILES string of the molecule is CN1CCN(c2nccc(/C(N)=N/O)n2)c2ccccc21. The fraction of sp³-hybridized carbons (Fsp3) is 0.214. The Morgan fingerprint density at radius 1 is 1.24 bits per heavy atom. The smallest absolute Gasteiger partial charge is 0.230 e. The Bertz CT molecular complexity index is 687. The molecular formula is C14H16N6O. The number of hydrogen-bond acceptors (Lipinski definition) is 6. The van der Waals surface area contributed by atoms with Gasteiger partial charge in [0.1, 0.15) is 5.69 Å². The van der Waals surface area contributed by atoms with Crippen LogP contribution in [0.4, 0.5) is 17.3 Å². The van der Waals surface area contributed by atoms with Gasteiger partial charge in [0.05, 0.1) is 11.4 Å².